The summed E-state index contributed by atoms with van der Waals surface area (Å²) in [5, 5.41) is 3.42. The molecule has 1 atom stereocenters. The zero-order valence-corrected chi connectivity index (χ0v) is 18.4. The van der Waals surface area contributed by atoms with Crippen molar-refractivity contribution in [2.24, 2.45) is 0 Å². The lowest BCUT2D eigenvalue weighted by molar-refractivity contribution is -0.153. The Morgan fingerprint density at radius 1 is 1.10 bits per heavy atom. The van der Waals surface area contributed by atoms with Crippen molar-refractivity contribution < 1.29 is 18.0 Å². The van der Waals surface area contributed by atoms with E-state index in [2.05, 4.69) is 5.32 Å². The summed E-state index contributed by atoms with van der Waals surface area (Å²) in [4.78, 5) is 27.6. The summed E-state index contributed by atoms with van der Waals surface area (Å²) in [7, 11) is -3.64. The number of rotatable bonds is 6. The van der Waals surface area contributed by atoms with E-state index < -0.39 is 27.4 Å². The first-order valence-corrected chi connectivity index (χ1v) is 11.6. The average molecular weight is 450 g/mol. The highest BCUT2D eigenvalue weighted by Crippen LogP contribution is 2.27. The van der Waals surface area contributed by atoms with E-state index in [4.69, 9.17) is 11.6 Å². The number of sulfonamides is 1. The van der Waals surface area contributed by atoms with E-state index in [1.165, 1.54) is 4.90 Å². The van der Waals surface area contributed by atoms with Gasteiger partial charge in [0.05, 0.1) is 12.8 Å². The van der Waals surface area contributed by atoms with Crippen molar-refractivity contribution in [2.75, 3.05) is 19.3 Å². The van der Waals surface area contributed by atoms with Crippen molar-refractivity contribution in [1.82, 2.24) is 14.5 Å². The molecule has 0 aromatic heterocycles. The third-order valence-corrected chi connectivity index (χ3v) is 6.65. The predicted molar refractivity (Wildman–Crippen MR) is 115 cm³/mol. The fourth-order valence-corrected chi connectivity index (χ4v) is 4.39. The van der Waals surface area contributed by atoms with Crippen LogP contribution in [0.15, 0.2) is 54.6 Å². The Labute approximate surface area is 181 Å². The molecule has 2 amide bonds. The number of hydrogen-bond acceptors (Lipinski definition) is 4. The smallest absolute Gasteiger partial charge is 0.247 e. The Hall–Kier alpha value is -2.42. The minimum absolute atomic E-state index is 0.119. The molecule has 30 heavy (non-hydrogen) atoms. The number of nitrogens with zero attached hydrogens (tertiary/aromatic N) is 2. The molecule has 2 aromatic rings. The molecule has 1 N–H and O–H groups in total. The number of hydrogen-bond donors (Lipinski definition) is 1. The highest BCUT2D eigenvalue weighted by molar-refractivity contribution is 7.88. The molecule has 0 aliphatic carbocycles. The van der Waals surface area contributed by atoms with E-state index in [1.807, 2.05) is 30.3 Å². The van der Waals surface area contributed by atoms with Crippen LogP contribution in [0.4, 0.5) is 0 Å². The van der Waals surface area contributed by atoms with Crippen LogP contribution in [0, 0.1) is 0 Å². The minimum Gasteiger partial charge on any atom is -0.350 e. The van der Waals surface area contributed by atoms with Crippen molar-refractivity contribution in [2.45, 2.75) is 25.6 Å². The van der Waals surface area contributed by atoms with Crippen molar-refractivity contribution >= 4 is 33.4 Å². The highest BCUT2D eigenvalue weighted by Gasteiger charge is 2.49. The van der Waals surface area contributed by atoms with Crippen LogP contribution in [0.2, 0.25) is 5.02 Å². The molecule has 9 heteroatoms. The van der Waals surface area contributed by atoms with Crippen molar-refractivity contribution in [3.05, 3.63) is 70.7 Å². The van der Waals surface area contributed by atoms with Crippen LogP contribution in [0.1, 0.15) is 18.1 Å². The fraction of sp³-hybridized carbons (Fsp3) is 0.333. The van der Waals surface area contributed by atoms with Gasteiger partial charge < -0.3 is 10.2 Å². The summed E-state index contributed by atoms with van der Waals surface area (Å²) in [5.41, 5.74) is 0.329. The summed E-state index contributed by atoms with van der Waals surface area (Å²) in [5.74, 6) is -0.846. The minimum atomic E-state index is -3.64. The van der Waals surface area contributed by atoms with E-state index in [-0.39, 0.29) is 26.2 Å². The van der Waals surface area contributed by atoms with Crippen LogP contribution in [0.3, 0.4) is 0 Å². The SMILES string of the molecule is CC1(C(=O)NCc2ccccc2)CN(S(C)(=O)=O)CC(=O)N1Cc1ccc(Cl)cc1. The number of piperazine rings is 1. The summed E-state index contributed by atoms with van der Waals surface area (Å²) in [6.07, 6.45) is 1.04. The largest absolute Gasteiger partial charge is 0.350 e. The van der Waals surface area contributed by atoms with Gasteiger partial charge in [-0.05, 0) is 30.2 Å². The number of nitrogens with one attached hydrogen (secondary N) is 1. The normalized spacial score (nSPS) is 20.2. The van der Waals surface area contributed by atoms with Gasteiger partial charge in [0.1, 0.15) is 5.54 Å². The first kappa shape index (κ1) is 22.3. The van der Waals surface area contributed by atoms with Crippen molar-refractivity contribution in [3.8, 4) is 0 Å². The van der Waals surface area contributed by atoms with E-state index in [0.29, 0.717) is 5.02 Å². The molecule has 0 bridgehead atoms. The van der Waals surface area contributed by atoms with E-state index in [1.54, 1.807) is 31.2 Å². The zero-order valence-electron chi connectivity index (χ0n) is 16.8. The lowest BCUT2D eigenvalue weighted by Crippen LogP contribution is -2.69. The Bertz CT molecular complexity index is 1030. The maximum Gasteiger partial charge on any atom is 0.247 e. The second-order valence-electron chi connectivity index (χ2n) is 7.58. The zero-order chi connectivity index (χ0) is 21.9. The van der Waals surface area contributed by atoms with Gasteiger partial charge in [0, 0.05) is 24.7 Å². The van der Waals surface area contributed by atoms with Gasteiger partial charge in [-0.2, -0.15) is 4.31 Å². The summed E-state index contributed by atoms with van der Waals surface area (Å²) in [6.45, 7) is 1.62. The average Bonchev–Trinajstić information content (AvgIpc) is 2.70. The lowest BCUT2D eigenvalue weighted by Gasteiger charge is -2.46. The first-order chi connectivity index (χ1) is 14.1. The van der Waals surface area contributed by atoms with Crippen LogP contribution in [-0.4, -0.2) is 54.3 Å². The predicted octanol–water partition coefficient (Wildman–Crippen LogP) is 2.02. The molecule has 1 aliphatic rings. The van der Waals surface area contributed by atoms with E-state index in [9.17, 15) is 18.0 Å². The molecule has 2 aromatic carbocycles. The quantitative estimate of drug-likeness (QED) is 0.730. The van der Waals surface area contributed by atoms with Crippen LogP contribution >= 0.6 is 11.6 Å². The van der Waals surface area contributed by atoms with Gasteiger partial charge in [0.2, 0.25) is 21.8 Å². The molecule has 0 radical (unpaired) electrons. The molecule has 1 saturated heterocycles. The maximum atomic E-state index is 13.2. The van der Waals surface area contributed by atoms with Gasteiger partial charge in [-0.25, -0.2) is 8.42 Å². The molecule has 1 aliphatic heterocycles. The molecule has 1 heterocycles. The van der Waals surface area contributed by atoms with E-state index in [0.717, 1.165) is 21.7 Å². The Morgan fingerprint density at radius 2 is 1.73 bits per heavy atom. The first-order valence-electron chi connectivity index (χ1n) is 9.42. The van der Waals surface area contributed by atoms with Gasteiger partial charge in [-0.1, -0.05) is 54.1 Å². The van der Waals surface area contributed by atoms with Gasteiger partial charge in [0.25, 0.3) is 0 Å². The molecule has 160 valence electrons. The van der Waals surface area contributed by atoms with Gasteiger partial charge in [-0.15, -0.1) is 0 Å². The van der Waals surface area contributed by atoms with Crippen LogP contribution in [0.25, 0.3) is 0 Å². The third-order valence-electron chi connectivity index (χ3n) is 5.20. The van der Waals surface area contributed by atoms with Crippen molar-refractivity contribution in [1.29, 1.82) is 0 Å². The van der Waals surface area contributed by atoms with E-state index >= 15 is 0 Å². The highest BCUT2D eigenvalue weighted by atomic mass is 35.5. The molecule has 3 rings (SSSR count). The van der Waals surface area contributed by atoms with Gasteiger partial charge in [0.15, 0.2) is 0 Å². The summed E-state index contributed by atoms with van der Waals surface area (Å²) in [6, 6.07) is 16.3. The van der Waals surface area contributed by atoms with Gasteiger partial charge in [-0.3, -0.25) is 9.59 Å². The lowest BCUT2D eigenvalue weighted by atomic mass is 9.94. The number of carbonyl (C=O) groups is 2. The second-order valence-corrected chi connectivity index (χ2v) is 10.00. The Balaban J connectivity index is 1.88. The standard InChI is InChI=1S/C21H24ClN3O4S/c1-21(20(27)23-12-16-6-4-3-5-7-16)15-24(30(2,28)29)14-19(26)25(21)13-17-8-10-18(22)11-9-17/h3-11H,12-15H2,1-2H3,(H,23,27). The Morgan fingerprint density at radius 3 is 2.33 bits per heavy atom. The molecule has 0 saturated carbocycles. The van der Waals surface area contributed by atoms with Gasteiger partial charge >= 0.3 is 0 Å². The third kappa shape index (κ3) is 5.00. The molecule has 0 spiro atoms. The topological polar surface area (TPSA) is 86.8 Å². The fourth-order valence-electron chi connectivity index (χ4n) is 3.43. The molecule has 7 nitrogen and oxygen atoms in total. The number of halogens is 1. The number of amides is 2. The van der Waals surface area contributed by atoms with Crippen LogP contribution in [0.5, 0.6) is 0 Å². The van der Waals surface area contributed by atoms with Crippen LogP contribution in [-0.2, 0) is 32.7 Å². The molecule has 1 unspecified atom stereocenters. The molecular weight excluding hydrogens is 426 g/mol. The second kappa shape index (κ2) is 8.75. The van der Waals surface area contributed by atoms with Crippen LogP contribution < -0.4 is 5.32 Å². The Kier molecular flexibility index (Phi) is 6.50. The molecular formula is C21H24ClN3O4S. The summed E-state index contributed by atoms with van der Waals surface area (Å²) >= 11 is 5.94. The van der Waals surface area contributed by atoms with Crippen molar-refractivity contribution in [3.63, 3.8) is 0 Å². The number of benzene rings is 2. The number of carbonyl (C=O) groups excluding carboxylic acids is 2. The monoisotopic (exact) mass is 449 g/mol. The molecule has 1 fully saturated rings. The summed E-state index contributed by atoms with van der Waals surface area (Å²) < 4.78 is 25.3. The maximum absolute atomic E-state index is 13.2.